The first-order valence-electron chi connectivity index (χ1n) is 12.8. The second-order valence-electron chi connectivity index (χ2n) is 10.8. The summed E-state index contributed by atoms with van der Waals surface area (Å²) in [6.45, 7) is 7.73. The molecule has 2 aromatic rings. The minimum Gasteiger partial charge on any atom is -0.504 e. The van der Waals surface area contributed by atoms with E-state index in [1.165, 1.54) is 7.11 Å². The Morgan fingerprint density at radius 2 is 1.97 bits per heavy atom. The number of aliphatic hydroxyl groups is 1. The van der Waals surface area contributed by atoms with Crippen LogP contribution in [-0.2, 0) is 16.8 Å². The maximum absolute atomic E-state index is 14.0. The Morgan fingerprint density at radius 3 is 2.67 bits per heavy atom. The molecular formula is C29H34N2O8. The van der Waals surface area contributed by atoms with Gasteiger partial charge in [-0.1, -0.05) is 20.1 Å². The van der Waals surface area contributed by atoms with Crippen LogP contribution in [0.1, 0.15) is 60.7 Å². The number of carbonyl (C=O) groups excluding carboxylic acids is 1. The number of aliphatic hydroxyl groups excluding tert-OH is 1. The molecule has 208 valence electrons. The molecule has 0 radical (unpaired) electrons. The first-order valence-corrected chi connectivity index (χ1v) is 12.8. The van der Waals surface area contributed by atoms with Crippen LogP contribution in [0, 0.1) is 6.92 Å². The summed E-state index contributed by atoms with van der Waals surface area (Å²) in [5.74, 6) is 1.42. The molecule has 3 N–H and O–H groups in total. The Bertz CT molecular complexity index is 1420. The molecule has 10 heteroatoms. The van der Waals surface area contributed by atoms with Gasteiger partial charge in [0.2, 0.25) is 18.4 Å². The number of amides is 1. The van der Waals surface area contributed by atoms with Crippen LogP contribution in [0.25, 0.3) is 0 Å². The van der Waals surface area contributed by atoms with Crippen molar-refractivity contribution in [2.45, 2.75) is 63.8 Å². The van der Waals surface area contributed by atoms with Gasteiger partial charge in [0.15, 0.2) is 23.0 Å². The number of nitrogens with zero attached hydrogens (tertiary/aromatic N) is 2. The number of hydrogen-bond acceptors (Lipinski definition) is 9. The quantitative estimate of drug-likeness (QED) is 0.493. The van der Waals surface area contributed by atoms with Crippen molar-refractivity contribution < 1.29 is 39.1 Å². The molecule has 2 fully saturated rings. The van der Waals surface area contributed by atoms with Gasteiger partial charge in [-0.15, -0.1) is 0 Å². The van der Waals surface area contributed by atoms with E-state index in [1.807, 2.05) is 13.8 Å². The van der Waals surface area contributed by atoms with Crippen LogP contribution in [-0.4, -0.2) is 70.2 Å². The molecule has 0 aromatic heterocycles. The normalized spacial score (nSPS) is 28.9. The lowest BCUT2D eigenvalue weighted by molar-refractivity contribution is -0.190. The average molecular weight is 539 g/mol. The van der Waals surface area contributed by atoms with Gasteiger partial charge in [0.1, 0.15) is 12.4 Å². The van der Waals surface area contributed by atoms with Gasteiger partial charge in [0.05, 0.1) is 37.9 Å². The molecule has 1 unspecified atom stereocenters. The largest absolute Gasteiger partial charge is 0.504 e. The van der Waals surface area contributed by atoms with Gasteiger partial charge in [-0.2, -0.15) is 0 Å². The Morgan fingerprint density at radius 1 is 1.23 bits per heavy atom. The van der Waals surface area contributed by atoms with Crippen molar-refractivity contribution in [1.82, 2.24) is 9.80 Å². The average Bonchev–Trinajstić information content (AvgIpc) is 3.45. The van der Waals surface area contributed by atoms with E-state index in [-0.39, 0.29) is 56.6 Å². The van der Waals surface area contributed by atoms with Crippen LogP contribution in [0.2, 0.25) is 0 Å². The zero-order valence-electron chi connectivity index (χ0n) is 21.5. The Hall–Kier alpha value is -3.63. The van der Waals surface area contributed by atoms with E-state index < -0.39 is 23.7 Å². The van der Waals surface area contributed by atoms with Crippen LogP contribution in [0.3, 0.4) is 0 Å². The van der Waals surface area contributed by atoms with Crippen LogP contribution in [0.15, 0.2) is 18.7 Å². The number of phenols is 2. The summed E-state index contributed by atoms with van der Waals surface area (Å²) in [6.07, 6.45) is 2.61. The number of benzene rings is 2. The molecule has 0 bridgehead atoms. The van der Waals surface area contributed by atoms with Crippen molar-refractivity contribution in [3.63, 3.8) is 0 Å². The lowest BCUT2D eigenvalue weighted by atomic mass is 9.73. The summed E-state index contributed by atoms with van der Waals surface area (Å²) in [5.41, 5.74) is 3.27. The topological polar surface area (TPSA) is 121 Å². The van der Waals surface area contributed by atoms with Gasteiger partial charge in [0.25, 0.3) is 0 Å². The number of fused-ring (bicyclic) bond motifs is 8. The maximum Gasteiger partial charge on any atom is 0.240 e. The number of ether oxygens (including phenoxy) is 4. The summed E-state index contributed by atoms with van der Waals surface area (Å²) in [7, 11) is 1.40. The van der Waals surface area contributed by atoms with Gasteiger partial charge in [-0.05, 0) is 38.3 Å². The third-order valence-corrected chi connectivity index (χ3v) is 9.15. The number of piperazine rings is 1. The number of rotatable bonds is 5. The van der Waals surface area contributed by atoms with Crippen LogP contribution < -0.4 is 18.9 Å². The second kappa shape index (κ2) is 8.43. The van der Waals surface area contributed by atoms with Crippen LogP contribution >= 0.6 is 0 Å². The van der Waals surface area contributed by atoms with Gasteiger partial charge in [-0.3, -0.25) is 9.69 Å². The SMILES string of the molecule is C.C=CCOc1c(C)c2c(c3c1C[C@H]1[C@H]4c5c(cc(O)c(OC)c5O)C5(C)C[C@@H](C(=O)N1[C@H]3CO)N45)OCO2. The van der Waals surface area contributed by atoms with Crippen molar-refractivity contribution in [3.05, 3.63) is 46.5 Å². The molecule has 2 aromatic carbocycles. The Labute approximate surface area is 226 Å². The highest BCUT2D eigenvalue weighted by atomic mass is 16.7. The predicted octanol–water partition coefficient (Wildman–Crippen LogP) is 3.19. The van der Waals surface area contributed by atoms with E-state index in [4.69, 9.17) is 18.9 Å². The van der Waals surface area contributed by atoms with E-state index in [2.05, 4.69) is 11.5 Å². The molecule has 5 aliphatic rings. The fourth-order valence-electron chi connectivity index (χ4n) is 7.73. The minimum absolute atomic E-state index is 0. The van der Waals surface area contributed by atoms with Gasteiger partial charge >= 0.3 is 0 Å². The molecule has 10 nitrogen and oxygen atoms in total. The molecule has 7 rings (SSSR count). The summed E-state index contributed by atoms with van der Waals surface area (Å²) >= 11 is 0. The first kappa shape index (κ1) is 25.6. The molecule has 5 heterocycles. The zero-order valence-corrected chi connectivity index (χ0v) is 21.5. The highest BCUT2D eigenvalue weighted by Crippen LogP contribution is 2.67. The monoisotopic (exact) mass is 538 g/mol. The van der Waals surface area contributed by atoms with Crippen molar-refractivity contribution in [2.75, 3.05) is 27.1 Å². The van der Waals surface area contributed by atoms with Gasteiger partial charge < -0.3 is 39.2 Å². The fourth-order valence-corrected chi connectivity index (χ4v) is 7.73. The van der Waals surface area contributed by atoms with E-state index in [0.29, 0.717) is 41.2 Å². The molecular weight excluding hydrogens is 504 g/mol. The van der Waals surface area contributed by atoms with Gasteiger partial charge in [-0.25, -0.2) is 0 Å². The highest BCUT2D eigenvalue weighted by Gasteiger charge is 2.69. The van der Waals surface area contributed by atoms with E-state index in [0.717, 1.165) is 16.7 Å². The summed E-state index contributed by atoms with van der Waals surface area (Å²) in [5, 5.41) is 32.7. The van der Waals surface area contributed by atoms with E-state index in [1.54, 1.807) is 17.0 Å². The number of methoxy groups -OCH3 is 1. The minimum atomic E-state index is -0.683. The van der Waals surface area contributed by atoms with Crippen LogP contribution in [0.5, 0.6) is 34.5 Å². The lowest BCUT2D eigenvalue weighted by Gasteiger charge is -2.62. The third kappa shape index (κ3) is 2.90. The summed E-state index contributed by atoms with van der Waals surface area (Å²) < 4.78 is 23.2. The zero-order chi connectivity index (χ0) is 26.7. The number of phenolic OH excluding ortho intramolecular Hbond substituents is 2. The number of carbonyl (C=O) groups is 1. The predicted molar refractivity (Wildman–Crippen MR) is 141 cm³/mol. The van der Waals surface area contributed by atoms with E-state index in [9.17, 15) is 20.1 Å². The Kier molecular flexibility index (Phi) is 5.54. The van der Waals surface area contributed by atoms with E-state index >= 15 is 0 Å². The molecule has 0 aliphatic carbocycles. The van der Waals surface area contributed by atoms with Crippen molar-refractivity contribution >= 4 is 5.91 Å². The number of aromatic hydroxyl groups is 2. The lowest BCUT2D eigenvalue weighted by Crippen LogP contribution is -2.73. The third-order valence-electron chi connectivity index (χ3n) is 9.15. The molecule has 0 saturated carbocycles. The first-order chi connectivity index (χ1) is 18.3. The number of hydrogen-bond donors (Lipinski definition) is 3. The highest BCUT2D eigenvalue weighted by molar-refractivity contribution is 5.88. The van der Waals surface area contributed by atoms with Crippen LogP contribution in [0.4, 0.5) is 0 Å². The molecule has 39 heavy (non-hydrogen) atoms. The second-order valence-corrected chi connectivity index (χ2v) is 10.8. The summed E-state index contributed by atoms with van der Waals surface area (Å²) in [4.78, 5) is 18.0. The van der Waals surface area contributed by atoms with Crippen molar-refractivity contribution in [3.8, 4) is 34.5 Å². The van der Waals surface area contributed by atoms with Gasteiger partial charge in [0, 0.05) is 27.8 Å². The maximum atomic E-state index is 14.0. The van der Waals surface area contributed by atoms with Crippen molar-refractivity contribution in [2.24, 2.45) is 0 Å². The fraction of sp³-hybridized carbons (Fsp3) is 0.483. The molecule has 2 saturated heterocycles. The molecule has 5 aliphatic heterocycles. The van der Waals surface area contributed by atoms with Crippen molar-refractivity contribution in [1.29, 1.82) is 0 Å². The Balaban J connectivity index is 0.00000277. The molecule has 1 amide bonds. The smallest absolute Gasteiger partial charge is 0.240 e. The molecule has 5 atom stereocenters. The standard InChI is InChI=1S/C28H30N2O8.CH4/c1-5-6-36-23-12(2)24-26(38-11-37-24)19-13(23)7-15-21-20-14(8-18(32)25(35-4)22(20)33)28(3)9-16(30(21)28)27(34)29(15)17(19)10-31;/h5,8,15-17,21,31-33H,1,6-7,9-11H2,2-4H3;1H4/t15-,16-,17-,21-,28?;/m0./s1. The summed E-state index contributed by atoms with van der Waals surface area (Å²) in [6, 6.07) is -0.240. The molecule has 0 spiro atoms.